The molecule has 25 heavy (non-hydrogen) atoms. The highest BCUT2D eigenvalue weighted by Crippen LogP contribution is 2.46. The standard InChI is InChI=1S/C19H20.6CH4/c1-18(16-9-5-3-6-10-16)13-14-19(2,15-18)17-11-7-4-8-12-17;;;;;;/h3-14H,15H2,1-2H3;6*1H4. The molecule has 2 atom stereocenters. The fraction of sp³-hybridized carbons (Fsp3) is 0.440. The quantitative estimate of drug-likeness (QED) is 0.478. The van der Waals surface area contributed by atoms with Gasteiger partial charge in [0, 0.05) is 10.8 Å². The van der Waals surface area contributed by atoms with Gasteiger partial charge in [0.1, 0.15) is 0 Å². The maximum Gasteiger partial charge on any atom is 0.0115 e. The maximum absolute atomic E-state index is 2.38. The van der Waals surface area contributed by atoms with Crippen LogP contribution in [0.1, 0.15) is 76.0 Å². The number of hydrogen-bond donors (Lipinski definition) is 0. The normalized spacial score (nSPS) is 22.5. The van der Waals surface area contributed by atoms with Crippen LogP contribution < -0.4 is 0 Å². The first-order chi connectivity index (χ1) is 9.12. The zero-order valence-corrected chi connectivity index (χ0v) is 11.6. The molecule has 0 heteroatoms. The van der Waals surface area contributed by atoms with Gasteiger partial charge in [0.2, 0.25) is 0 Å². The molecule has 0 heterocycles. The van der Waals surface area contributed by atoms with Crippen molar-refractivity contribution >= 4 is 0 Å². The Labute approximate surface area is 160 Å². The lowest BCUT2D eigenvalue weighted by atomic mass is 9.73. The van der Waals surface area contributed by atoms with Gasteiger partial charge >= 0.3 is 0 Å². The molecular formula is C25H44. The largest absolute Gasteiger partial charge is 0.0776 e. The van der Waals surface area contributed by atoms with Crippen molar-refractivity contribution in [2.45, 2.75) is 75.7 Å². The molecule has 2 aromatic rings. The lowest BCUT2D eigenvalue weighted by molar-refractivity contribution is 0.455. The molecule has 0 aliphatic heterocycles. The van der Waals surface area contributed by atoms with Crippen LogP contribution in [0.25, 0.3) is 0 Å². The fourth-order valence-corrected chi connectivity index (χ4v) is 3.28. The Kier molecular flexibility index (Phi) is 14.5. The average molecular weight is 345 g/mol. The molecule has 144 valence electrons. The van der Waals surface area contributed by atoms with Gasteiger partial charge in [-0.05, 0) is 17.5 Å². The van der Waals surface area contributed by atoms with Crippen LogP contribution in [0.15, 0.2) is 72.8 Å². The highest BCUT2D eigenvalue weighted by Gasteiger charge is 2.39. The third-order valence-electron chi connectivity index (χ3n) is 4.42. The van der Waals surface area contributed by atoms with E-state index >= 15 is 0 Å². The van der Waals surface area contributed by atoms with Crippen LogP contribution in [0, 0.1) is 0 Å². The van der Waals surface area contributed by atoms with Crippen molar-refractivity contribution in [2.75, 3.05) is 0 Å². The van der Waals surface area contributed by atoms with E-state index in [2.05, 4.69) is 86.7 Å². The van der Waals surface area contributed by atoms with Crippen molar-refractivity contribution in [2.24, 2.45) is 0 Å². The summed E-state index contributed by atoms with van der Waals surface area (Å²) < 4.78 is 0. The molecule has 0 bridgehead atoms. The summed E-state index contributed by atoms with van der Waals surface area (Å²) in [6.45, 7) is 4.68. The second-order valence-electron chi connectivity index (χ2n) is 6.08. The maximum atomic E-state index is 2.38. The van der Waals surface area contributed by atoms with E-state index in [-0.39, 0.29) is 55.4 Å². The third kappa shape index (κ3) is 5.88. The Morgan fingerprint density at radius 3 is 1.08 bits per heavy atom. The summed E-state index contributed by atoms with van der Waals surface area (Å²) in [6, 6.07) is 21.6. The first-order valence-electron chi connectivity index (χ1n) is 6.94. The summed E-state index contributed by atoms with van der Waals surface area (Å²) in [6.07, 6.45) is 5.90. The highest BCUT2D eigenvalue weighted by atomic mass is 14.4. The minimum atomic E-state index is 0. The van der Waals surface area contributed by atoms with E-state index in [9.17, 15) is 0 Å². The van der Waals surface area contributed by atoms with Gasteiger partial charge in [-0.25, -0.2) is 0 Å². The van der Waals surface area contributed by atoms with Crippen LogP contribution in [-0.2, 0) is 10.8 Å². The minimum Gasteiger partial charge on any atom is -0.0776 e. The molecule has 0 fully saturated rings. The number of rotatable bonds is 2. The Morgan fingerprint density at radius 1 is 0.520 bits per heavy atom. The topological polar surface area (TPSA) is 0 Å². The van der Waals surface area contributed by atoms with E-state index in [1.54, 1.807) is 0 Å². The molecule has 0 saturated carbocycles. The van der Waals surface area contributed by atoms with E-state index in [1.807, 2.05) is 0 Å². The van der Waals surface area contributed by atoms with Crippen LogP contribution in [0.2, 0.25) is 0 Å². The van der Waals surface area contributed by atoms with Gasteiger partial charge in [0.05, 0.1) is 0 Å². The summed E-state index contributed by atoms with van der Waals surface area (Å²) >= 11 is 0. The van der Waals surface area contributed by atoms with Gasteiger partial charge in [0.15, 0.2) is 0 Å². The predicted octanol–water partition coefficient (Wildman–Crippen LogP) is 8.68. The van der Waals surface area contributed by atoms with Gasteiger partial charge in [-0.1, -0.05) is 131 Å². The lowest BCUT2D eigenvalue weighted by Gasteiger charge is -2.30. The summed E-state index contributed by atoms with van der Waals surface area (Å²) in [5, 5.41) is 0. The van der Waals surface area contributed by atoms with Crippen LogP contribution in [-0.4, -0.2) is 0 Å². The zero-order valence-electron chi connectivity index (χ0n) is 11.6. The molecule has 0 N–H and O–H groups in total. The third-order valence-corrected chi connectivity index (χ3v) is 4.42. The Hall–Kier alpha value is -1.82. The second-order valence-corrected chi connectivity index (χ2v) is 6.08. The van der Waals surface area contributed by atoms with Gasteiger partial charge in [0.25, 0.3) is 0 Å². The second kappa shape index (κ2) is 11.7. The smallest absolute Gasteiger partial charge is 0.0115 e. The molecule has 3 rings (SSSR count). The molecular weight excluding hydrogens is 300 g/mol. The molecule has 0 spiro atoms. The summed E-state index contributed by atoms with van der Waals surface area (Å²) in [4.78, 5) is 0. The molecule has 1 aliphatic rings. The monoisotopic (exact) mass is 344 g/mol. The van der Waals surface area contributed by atoms with Crippen LogP contribution in [0.3, 0.4) is 0 Å². The van der Waals surface area contributed by atoms with Crippen LogP contribution >= 0.6 is 0 Å². The predicted molar refractivity (Wildman–Crippen MR) is 122 cm³/mol. The van der Waals surface area contributed by atoms with E-state index in [0.29, 0.717) is 0 Å². The summed E-state index contributed by atoms with van der Waals surface area (Å²) in [5.41, 5.74) is 3.11. The first kappa shape index (κ1) is 31.0. The molecule has 1 aliphatic carbocycles. The van der Waals surface area contributed by atoms with Gasteiger partial charge in [-0.2, -0.15) is 0 Å². The molecule has 0 aromatic heterocycles. The average Bonchev–Trinajstić information content (AvgIpc) is 2.80. The summed E-state index contributed by atoms with van der Waals surface area (Å²) in [7, 11) is 0. The SMILES string of the molecule is C.C.C.C.C.C.CC1(c2ccccc2)C=CC(C)(c2ccccc2)C1. The minimum absolute atomic E-state index is 0. The van der Waals surface area contributed by atoms with Crippen molar-refractivity contribution in [1.29, 1.82) is 0 Å². The van der Waals surface area contributed by atoms with E-state index in [0.717, 1.165) is 6.42 Å². The first-order valence-corrected chi connectivity index (χ1v) is 6.94. The van der Waals surface area contributed by atoms with Crippen molar-refractivity contribution in [3.8, 4) is 0 Å². The molecule has 0 radical (unpaired) electrons. The molecule has 2 unspecified atom stereocenters. The number of hydrogen-bond acceptors (Lipinski definition) is 0. The Balaban J connectivity index is -0.000000367. The zero-order chi connectivity index (χ0) is 13.3. The van der Waals surface area contributed by atoms with Crippen molar-refractivity contribution in [3.63, 3.8) is 0 Å². The Morgan fingerprint density at radius 2 is 0.800 bits per heavy atom. The summed E-state index contributed by atoms with van der Waals surface area (Å²) in [5.74, 6) is 0. The lowest BCUT2D eigenvalue weighted by Crippen LogP contribution is -2.25. The van der Waals surface area contributed by atoms with E-state index < -0.39 is 0 Å². The highest BCUT2D eigenvalue weighted by molar-refractivity contribution is 5.42. The van der Waals surface area contributed by atoms with E-state index in [1.165, 1.54) is 11.1 Å². The Bertz CT molecular complexity index is 528. The molecule has 0 nitrogen and oxygen atoms in total. The van der Waals surface area contributed by atoms with Crippen LogP contribution in [0.4, 0.5) is 0 Å². The van der Waals surface area contributed by atoms with Crippen molar-refractivity contribution in [1.82, 2.24) is 0 Å². The number of allylic oxidation sites excluding steroid dienone is 2. The molecule has 0 amide bonds. The van der Waals surface area contributed by atoms with Gasteiger partial charge < -0.3 is 0 Å². The van der Waals surface area contributed by atoms with Gasteiger partial charge in [-0.15, -0.1) is 0 Å². The molecule has 2 aromatic carbocycles. The molecule has 0 saturated heterocycles. The van der Waals surface area contributed by atoms with Crippen LogP contribution in [0.5, 0.6) is 0 Å². The van der Waals surface area contributed by atoms with E-state index in [4.69, 9.17) is 0 Å². The van der Waals surface area contributed by atoms with Crippen molar-refractivity contribution in [3.05, 3.63) is 83.9 Å². The fourth-order valence-electron chi connectivity index (χ4n) is 3.28. The number of benzene rings is 2. The van der Waals surface area contributed by atoms with Crippen molar-refractivity contribution < 1.29 is 0 Å². The van der Waals surface area contributed by atoms with Gasteiger partial charge in [-0.3, -0.25) is 0 Å².